The number of hydrogen-bond donors (Lipinski definition) is 2. The second kappa shape index (κ2) is 8.12. The summed E-state index contributed by atoms with van der Waals surface area (Å²) in [4.78, 5) is 16.2. The number of phenolic OH excluding ortho intramolecular Hbond substituents is 1. The van der Waals surface area contributed by atoms with Gasteiger partial charge in [-0.1, -0.05) is 42.5 Å². The topological polar surface area (TPSA) is 62.2 Å². The quantitative estimate of drug-likeness (QED) is 0.618. The molecule has 3 aromatic rings. The summed E-state index contributed by atoms with van der Waals surface area (Å²) in [5, 5.41) is 13.2. The predicted octanol–water partition coefficient (Wildman–Crippen LogP) is 5.39. The van der Waals surface area contributed by atoms with Gasteiger partial charge in [0, 0.05) is 17.5 Å². The van der Waals surface area contributed by atoms with Crippen LogP contribution in [0.1, 0.15) is 24.1 Å². The van der Waals surface area contributed by atoms with Crippen LogP contribution in [0.2, 0.25) is 0 Å². The fourth-order valence-corrected chi connectivity index (χ4v) is 2.64. The Bertz CT molecular complexity index is 1030. The van der Waals surface area contributed by atoms with Crippen molar-refractivity contribution >= 4 is 34.6 Å². The molecule has 0 spiro atoms. The van der Waals surface area contributed by atoms with Crippen molar-refractivity contribution in [3.05, 3.63) is 65.9 Å². The second-order valence-corrected chi connectivity index (χ2v) is 6.17. The number of carbonyl (C=O) groups excluding carboxylic acids is 1. The number of benzene rings is 2. The number of para-hydroxylation sites is 2. The fourth-order valence-electron chi connectivity index (χ4n) is 2.64. The second-order valence-electron chi connectivity index (χ2n) is 6.17. The maximum absolute atomic E-state index is 12.3. The highest BCUT2D eigenvalue weighted by Crippen LogP contribution is 2.25. The summed E-state index contributed by atoms with van der Waals surface area (Å²) in [7, 11) is 0. The van der Waals surface area contributed by atoms with Crippen molar-refractivity contribution in [2.75, 3.05) is 5.32 Å². The van der Waals surface area contributed by atoms with Crippen molar-refractivity contribution in [3.63, 3.8) is 0 Å². The Morgan fingerprint density at radius 2 is 1.82 bits per heavy atom. The van der Waals surface area contributed by atoms with Crippen LogP contribution >= 0.6 is 0 Å². The summed E-state index contributed by atoms with van der Waals surface area (Å²) in [6.07, 6.45) is -2.77. The van der Waals surface area contributed by atoms with E-state index in [9.17, 15) is 23.1 Å². The van der Waals surface area contributed by atoms with Crippen LogP contribution in [-0.2, 0) is 4.79 Å². The molecule has 0 atom stereocenters. The lowest BCUT2D eigenvalue weighted by Gasteiger charge is -2.10. The van der Waals surface area contributed by atoms with Gasteiger partial charge in [-0.05, 0) is 29.8 Å². The highest BCUT2D eigenvalue weighted by molar-refractivity contribution is 5.94. The first-order chi connectivity index (χ1) is 13.3. The van der Waals surface area contributed by atoms with Gasteiger partial charge in [0.2, 0.25) is 5.91 Å². The molecule has 1 aromatic heterocycles. The average Bonchev–Trinajstić information content (AvgIpc) is 2.66. The number of alkyl halides is 3. The minimum atomic E-state index is -4.37. The summed E-state index contributed by atoms with van der Waals surface area (Å²) in [5.74, 6) is -0.628. The van der Waals surface area contributed by atoms with Crippen LogP contribution in [0.4, 0.5) is 18.9 Å². The lowest BCUT2D eigenvalue weighted by Crippen LogP contribution is -2.17. The SMILES string of the molecule is O=C(CCC(F)(F)F)Nc1ccccc1C=Cc1ccc2cccc(O)c2n1. The number of phenols is 1. The van der Waals surface area contributed by atoms with E-state index in [0.717, 1.165) is 5.39 Å². The zero-order chi connectivity index (χ0) is 20.1. The monoisotopic (exact) mass is 386 g/mol. The molecule has 1 heterocycles. The van der Waals surface area contributed by atoms with E-state index in [-0.39, 0.29) is 5.75 Å². The van der Waals surface area contributed by atoms with Gasteiger partial charge in [-0.25, -0.2) is 4.98 Å². The van der Waals surface area contributed by atoms with Crippen LogP contribution in [0.5, 0.6) is 5.75 Å². The molecule has 0 saturated carbocycles. The molecular formula is C21H17F3N2O2. The summed E-state index contributed by atoms with van der Waals surface area (Å²) < 4.78 is 36.8. The van der Waals surface area contributed by atoms with Gasteiger partial charge in [0.25, 0.3) is 0 Å². The molecule has 2 aromatic carbocycles. The molecule has 0 aliphatic rings. The van der Waals surface area contributed by atoms with Crippen molar-refractivity contribution in [1.29, 1.82) is 0 Å². The van der Waals surface area contributed by atoms with Gasteiger partial charge in [-0.15, -0.1) is 0 Å². The van der Waals surface area contributed by atoms with E-state index in [1.165, 1.54) is 0 Å². The largest absolute Gasteiger partial charge is 0.506 e. The molecule has 0 fully saturated rings. The lowest BCUT2D eigenvalue weighted by atomic mass is 10.1. The minimum Gasteiger partial charge on any atom is -0.506 e. The van der Waals surface area contributed by atoms with Gasteiger partial charge in [0.1, 0.15) is 11.3 Å². The van der Waals surface area contributed by atoms with Crippen molar-refractivity contribution in [2.45, 2.75) is 19.0 Å². The number of hydrogen-bond acceptors (Lipinski definition) is 3. The van der Waals surface area contributed by atoms with Gasteiger partial charge in [0.15, 0.2) is 0 Å². The molecule has 3 rings (SSSR count). The fraction of sp³-hybridized carbons (Fsp3) is 0.143. The molecule has 7 heteroatoms. The molecule has 0 aliphatic carbocycles. The Morgan fingerprint density at radius 1 is 1.04 bits per heavy atom. The van der Waals surface area contributed by atoms with E-state index in [1.807, 2.05) is 12.1 Å². The van der Waals surface area contributed by atoms with E-state index in [1.54, 1.807) is 54.6 Å². The molecule has 144 valence electrons. The highest BCUT2D eigenvalue weighted by Gasteiger charge is 2.27. The normalized spacial score (nSPS) is 11.8. The highest BCUT2D eigenvalue weighted by atomic mass is 19.4. The molecule has 0 saturated heterocycles. The third-order valence-electron chi connectivity index (χ3n) is 4.02. The van der Waals surface area contributed by atoms with Crippen molar-refractivity contribution in [1.82, 2.24) is 4.98 Å². The number of nitrogens with zero attached hydrogens (tertiary/aromatic N) is 1. The van der Waals surface area contributed by atoms with E-state index in [4.69, 9.17) is 0 Å². The van der Waals surface area contributed by atoms with Gasteiger partial charge >= 0.3 is 6.18 Å². The van der Waals surface area contributed by atoms with Crippen LogP contribution in [0.3, 0.4) is 0 Å². The van der Waals surface area contributed by atoms with Crippen molar-refractivity contribution in [3.8, 4) is 5.75 Å². The first-order valence-electron chi connectivity index (χ1n) is 8.54. The van der Waals surface area contributed by atoms with Crippen molar-refractivity contribution in [2.24, 2.45) is 0 Å². The molecule has 28 heavy (non-hydrogen) atoms. The number of halogens is 3. The van der Waals surface area contributed by atoms with E-state index >= 15 is 0 Å². The Labute approximate surface area is 159 Å². The number of anilines is 1. The van der Waals surface area contributed by atoms with Crippen LogP contribution in [-0.4, -0.2) is 22.2 Å². The zero-order valence-electron chi connectivity index (χ0n) is 14.7. The standard InChI is InChI=1S/C21H17F3N2O2/c22-21(23,24)13-12-19(28)26-17-6-2-1-4-14(17)8-10-16-11-9-15-5-3-7-18(27)20(15)25-16/h1-11,27H,12-13H2,(H,26,28). The summed E-state index contributed by atoms with van der Waals surface area (Å²) in [6, 6.07) is 15.5. The molecule has 1 amide bonds. The number of amides is 1. The number of carbonyl (C=O) groups is 1. The Kier molecular flexibility index (Phi) is 5.63. The van der Waals surface area contributed by atoms with Gasteiger partial charge in [-0.3, -0.25) is 4.79 Å². The molecule has 0 aliphatic heterocycles. The third kappa shape index (κ3) is 5.09. The first kappa shape index (κ1) is 19.4. The number of fused-ring (bicyclic) bond motifs is 1. The number of nitrogens with one attached hydrogen (secondary N) is 1. The van der Waals surface area contributed by atoms with Crippen LogP contribution in [0.15, 0.2) is 54.6 Å². The summed E-state index contributed by atoms with van der Waals surface area (Å²) >= 11 is 0. The Morgan fingerprint density at radius 3 is 2.61 bits per heavy atom. The Balaban J connectivity index is 1.78. The first-order valence-corrected chi connectivity index (χ1v) is 8.54. The van der Waals surface area contributed by atoms with Crippen LogP contribution < -0.4 is 5.32 Å². The molecule has 0 unspecified atom stereocenters. The van der Waals surface area contributed by atoms with Gasteiger partial charge in [0.05, 0.1) is 12.1 Å². The van der Waals surface area contributed by atoms with Crippen molar-refractivity contribution < 1.29 is 23.1 Å². The van der Waals surface area contributed by atoms with Gasteiger partial charge in [-0.2, -0.15) is 13.2 Å². The number of aromatic hydroxyl groups is 1. The smallest absolute Gasteiger partial charge is 0.389 e. The third-order valence-corrected chi connectivity index (χ3v) is 4.02. The minimum absolute atomic E-state index is 0.0741. The molecule has 4 nitrogen and oxygen atoms in total. The van der Waals surface area contributed by atoms with E-state index < -0.39 is 24.9 Å². The maximum atomic E-state index is 12.3. The summed E-state index contributed by atoms with van der Waals surface area (Å²) in [5.41, 5.74) is 2.10. The number of aromatic nitrogens is 1. The lowest BCUT2D eigenvalue weighted by molar-refractivity contribution is -0.142. The van der Waals surface area contributed by atoms with E-state index in [2.05, 4.69) is 10.3 Å². The number of pyridine rings is 1. The summed E-state index contributed by atoms with van der Waals surface area (Å²) in [6.45, 7) is 0. The van der Waals surface area contributed by atoms with Crippen LogP contribution in [0, 0.1) is 0 Å². The molecule has 0 radical (unpaired) electrons. The maximum Gasteiger partial charge on any atom is 0.389 e. The Hall–Kier alpha value is -3.35. The molecular weight excluding hydrogens is 369 g/mol. The predicted molar refractivity (Wildman–Crippen MR) is 103 cm³/mol. The van der Waals surface area contributed by atoms with Gasteiger partial charge < -0.3 is 10.4 Å². The zero-order valence-corrected chi connectivity index (χ0v) is 14.7. The van der Waals surface area contributed by atoms with Crippen LogP contribution in [0.25, 0.3) is 23.1 Å². The molecule has 0 bridgehead atoms. The van der Waals surface area contributed by atoms with E-state index in [0.29, 0.717) is 22.5 Å². The number of rotatable bonds is 5. The molecule has 2 N–H and O–H groups in total. The average molecular weight is 386 g/mol.